The minimum absolute atomic E-state index is 0.224. The van der Waals surface area contributed by atoms with E-state index >= 15 is 0 Å². The van der Waals surface area contributed by atoms with Crippen molar-refractivity contribution in [1.82, 2.24) is 19.7 Å². The number of methoxy groups -OCH3 is 1. The Morgan fingerprint density at radius 1 is 1.03 bits per heavy atom. The van der Waals surface area contributed by atoms with Gasteiger partial charge in [-0.3, -0.25) is 0 Å². The van der Waals surface area contributed by atoms with Crippen molar-refractivity contribution in [3.05, 3.63) is 71.2 Å². The number of nitrogens with zero attached hydrogens (tertiary/aromatic N) is 5. The number of rotatable bonds is 7. The number of nitrogens with one attached hydrogen (secondary N) is 1. The molecule has 0 saturated heterocycles. The lowest BCUT2D eigenvalue weighted by Gasteiger charge is -2.28. The molecule has 8 heteroatoms. The van der Waals surface area contributed by atoms with Gasteiger partial charge < -0.3 is 15.0 Å². The van der Waals surface area contributed by atoms with E-state index in [1.807, 2.05) is 23.9 Å². The van der Waals surface area contributed by atoms with Gasteiger partial charge in [0.05, 0.1) is 18.2 Å². The second-order valence-corrected chi connectivity index (χ2v) is 7.96. The first kappa shape index (κ1) is 20.2. The molecule has 5 rings (SSSR count). The standard InChI is InChI=1S/C24H25FN6O/c1-30-22-21-20(29-30)12-14-31(15-17-5-9-19(32-2)10-6-17)23(21)28-24(27-22)26-13-11-16-3-7-18(25)8-4-16/h3-10H,11-15H2,1-2H3,(H,26,27,28). The van der Waals surface area contributed by atoms with Gasteiger partial charge in [0.1, 0.15) is 17.4 Å². The summed E-state index contributed by atoms with van der Waals surface area (Å²) in [5.41, 5.74) is 4.12. The van der Waals surface area contributed by atoms with Crippen LogP contribution in [0.1, 0.15) is 16.8 Å². The van der Waals surface area contributed by atoms with Gasteiger partial charge in [0.2, 0.25) is 5.95 Å². The normalized spacial score (nSPS) is 12.9. The predicted octanol–water partition coefficient (Wildman–Crippen LogP) is 3.73. The predicted molar refractivity (Wildman–Crippen MR) is 123 cm³/mol. The fraction of sp³-hybridized carbons (Fsp3) is 0.292. The average Bonchev–Trinajstić information content (AvgIpc) is 3.14. The van der Waals surface area contributed by atoms with E-state index in [1.165, 1.54) is 17.7 Å². The highest BCUT2D eigenvalue weighted by Gasteiger charge is 2.26. The number of aryl methyl sites for hydroxylation is 1. The van der Waals surface area contributed by atoms with Crippen molar-refractivity contribution in [1.29, 1.82) is 0 Å². The van der Waals surface area contributed by atoms with Crippen LogP contribution in [0, 0.1) is 5.82 Å². The van der Waals surface area contributed by atoms with Gasteiger partial charge >= 0.3 is 0 Å². The van der Waals surface area contributed by atoms with E-state index in [-0.39, 0.29) is 5.82 Å². The van der Waals surface area contributed by atoms with Crippen LogP contribution in [0.25, 0.3) is 11.0 Å². The summed E-state index contributed by atoms with van der Waals surface area (Å²) in [5, 5.41) is 9.03. The van der Waals surface area contributed by atoms with Crippen molar-refractivity contribution in [2.75, 3.05) is 30.4 Å². The van der Waals surface area contributed by atoms with E-state index in [2.05, 4.69) is 27.4 Å². The molecule has 0 amide bonds. The van der Waals surface area contributed by atoms with Gasteiger partial charge in [-0.25, -0.2) is 9.07 Å². The van der Waals surface area contributed by atoms with E-state index in [1.54, 1.807) is 19.2 Å². The van der Waals surface area contributed by atoms with Crippen LogP contribution in [-0.2, 0) is 26.4 Å². The lowest BCUT2D eigenvalue weighted by Crippen LogP contribution is -2.29. The molecule has 0 radical (unpaired) electrons. The topological polar surface area (TPSA) is 68.1 Å². The molecule has 7 nitrogen and oxygen atoms in total. The molecule has 0 unspecified atom stereocenters. The zero-order valence-corrected chi connectivity index (χ0v) is 18.2. The van der Waals surface area contributed by atoms with Crippen molar-refractivity contribution in [2.45, 2.75) is 19.4 Å². The fourth-order valence-electron chi connectivity index (χ4n) is 4.11. The molecule has 164 valence electrons. The van der Waals surface area contributed by atoms with E-state index in [0.29, 0.717) is 12.5 Å². The molecule has 4 aromatic rings. The first-order valence-corrected chi connectivity index (χ1v) is 10.7. The monoisotopic (exact) mass is 432 g/mol. The maximum atomic E-state index is 13.1. The van der Waals surface area contributed by atoms with Crippen LogP contribution in [0.2, 0.25) is 0 Å². The highest BCUT2D eigenvalue weighted by molar-refractivity contribution is 5.92. The molecule has 0 fully saturated rings. The van der Waals surface area contributed by atoms with Crippen LogP contribution in [0.15, 0.2) is 48.5 Å². The summed E-state index contributed by atoms with van der Waals surface area (Å²) in [7, 11) is 3.59. The first-order valence-electron chi connectivity index (χ1n) is 10.7. The molecule has 2 aromatic carbocycles. The number of benzene rings is 2. The van der Waals surface area contributed by atoms with Gasteiger partial charge in [0, 0.05) is 33.1 Å². The van der Waals surface area contributed by atoms with Crippen molar-refractivity contribution < 1.29 is 9.13 Å². The third-order valence-corrected chi connectivity index (χ3v) is 5.80. The molecule has 0 spiro atoms. The maximum absolute atomic E-state index is 13.1. The van der Waals surface area contributed by atoms with Crippen LogP contribution in [-0.4, -0.2) is 39.9 Å². The quantitative estimate of drug-likeness (QED) is 0.480. The Hall–Kier alpha value is -3.68. The molecule has 2 aromatic heterocycles. The third kappa shape index (κ3) is 3.95. The molecule has 0 saturated carbocycles. The largest absolute Gasteiger partial charge is 0.497 e. The number of ether oxygens (including phenoxy) is 1. The zero-order valence-electron chi connectivity index (χ0n) is 18.2. The first-order chi connectivity index (χ1) is 15.6. The maximum Gasteiger partial charge on any atom is 0.226 e. The summed E-state index contributed by atoms with van der Waals surface area (Å²) in [6.45, 7) is 2.25. The number of hydrogen-bond acceptors (Lipinski definition) is 6. The summed E-state index contributed by atoms with van der Waals surface area (Å²) in [6.07, 6.45) is 1.62. The van der Waals surface area contributed by atoms with Crippen molar-refractivity contribution in [2.24, 2.45) is 7.05 Å². The summed E-state index contributed by atoms with van der Waals surface area (Å²) < 4.78 is 20.2. The molecular weight excluding hydrogens is 407 g/mol. The number of aromatic nitrogens is 4. The van der Waals surface area contributed by atoms with Gasteiger partial charge in [-0.2, -0.15) is 15.1 Å². The second kappa shape index (κ2) is 8.45. The molecule has 0 bridgehead atoms. The summed E-state index contributed by atoms with van der Waals surface area (Å²) >= 11 is 0. The lowest BCUT2D eigenvalue weighted by molar-refractivity contribution is 0.414. The highest BCUT2D eigenvalue weighted by atomic mass is 19.1. The van der Waals surface area contributed by atoms with Crippen LogP contribution in [0.4, 0.5) is 16.2 Å². The Morgan fingerprint density at radius 2 is 1.78 bits per heavy atom. The smallest absolute Gasteiger partial charge is 0.226 e. The van der Waals surface area contributed by atoms with E-state index < -0.39 is 0 Å². The number of hydrogen-bond donors (Lipinski definition) is 1. The molecule has 0 atom stereocenters. The third-order valence-electron chi connectivity index (χ3n) is 5.80. The summed E-state index contributed by atoms with van der Waals surface area (Å²) in [4.78, 5) is 11.9. The fourth-order valence-corrected chi connectivity index (χ4v) is 4.11. The lowest BCUT2D eigenvalue weighted by atomic mass is 10.1. The number of halogens is 1. The van der Waals surface area contributed by atoms with Crippen molar-refractivity contribution >= 4 is 22.8 Å². The minimum atomic E-state index is -0.224. The van der Waals surface area contributed by atoms with Gasteiger partial charge in [-0.15, -0.1) is 0 Å². The Balaban J connectivity index is 1.39. The van der Waals surface area contributed by atoms with Crippen LogP contribution < -0.4 is 15.0 Å². The minimum Gasteiger partial charge on any atom is -0.497 e. The number of anilines is 2. The highest BCUT2D eigenvalue weighted by Crippen LogP contribution is 2.33. The van der Waals surface area contributed by atoms with Crippen LogP contribution in [0.5, 0.6) is 5.75 Å². The van der Waals surface area contributed by atoms with Crippen molar-refractivity contribution in [3.8, 4) is 5.75 Å². The summed E-state index contributed by atoms with van der Waals surface area (Å²) in [6, 6.07) is 14.7. The SMILES string of the molecule is COc1ccc(CN2CCc3nn(C)c4nc(NCCc5ccc(F)cc5)nc2c34)cc1. The van der Waals surface area contributed by atoms with E-state index in [4.69, 9.17) is 14.7 Å². The second-order valence-electron chi connectivity index (χ2n) is 7.96. The molecule has 32 heavy (non-hydrogen) atoms. The molecular formula is C24H25FN6O. The van der Waals surface area contributed by atoms with Crippen LogP contribution >= 0.6 is 0 Å². The average molecular weight is 433 g/mol. The Kier molecular flexibility index (Phi) is 5.34. The van der Waals surface area contributed by atoms with Gasteiger partial charge in [-0.1, -0.05) is 24.3 Å². The zero-order chi connectivity index (χ0) is 22.1. The van der Waals surface area contributed by atoms with Crippen molar-refractivity contribution in [3.63, 3.8) is 0 Å². The molecule has 3 heterocycles. The summed E-state index contributed by atoms with van der Waals surface area (Å²) in [5.74, 6) is 2.10. The van der Waals surface area contributed by atoms with E-state index in [0.717, 1.165) is 59.8 Å². The molecule has 1 aliphatic rings. The Labute approximate surface area is 185 Å². The molecule has 0 aliphatic carbocycles. The Bertz CT molecular complexity index is 1240. The van der Waals surface area contributed by atoms with Gasteiger partial charge in [-0.05, 0) is 41.8 Å². The molecule has 1 aliphatic heterocycles. The molecule has 1 N–H and O–H groups in total. The Morgan fingerprint density at radius 3 is 2.53 bits per heavy atom. The van der Waals surface area contributed by atoms with Gasteiger partial charge in [0.15, 0.2) is 5.65 Å². The van der Waals surface area contributed by atoms with Gasteiger partial charge in [0.25, 0.3) is 0 Å². The van der Waals surface area contributed by atoms with Crippen LogP contribution in [0.3, 0.4) is 0 Å². The van der Waals surface area contributed by atoms with E-state index in [9.17, 15) is 4.39 Å².